The number of nitrogens with one attached hydrogen (secondary N) is 2. The lowest BCUT2D eigenvalue weighted by Gasteiger charge is -2.40. The molecule has 22 heavy (non-hydrogen) atoms. The van der Waals surface area contributed by atoms with E-state index in [4.69, 9.17) is 0 Å². The van der Waals surface area contributed by atoms with Crippen molar-refractivity contribution < 1.29 is 4.79 Å². The van der Waals surface area contributed by atoms with Gasteiger partial charge in [-0.2, -0.15) is 0 Å². The van der Waals surface area contributed by atoms with Crippen molar-refractivity contribution >= 4 is 6.03 Å². The van der Waals surface area contributed by atoms with E-state index in [-0.39, 0.29) is 6.03 Å². The largest absolute Gasteiger partial charge is 0.337 e. The quantitative estimate of drug-likeness (QED) is 0.815. The number of nitrogens with zero attached hydrogens (tertiary/aromatic N) is 2. The Morgan fingerprint density at radius 3 is 2.32 bits per heavy atom. The summed E-state index contributed by atoms with van der Waals surface area (Å²) in [6.45, 7) is 9.71. The molecule has 128 valence electrons. The van der Waals surface area contributed by atoms with Gasteiger partial charge in [-0.15, -0.1) is 0 Å². The van der Waals surface area contributed by atoms with Crippen LogP contribution in [-0.4, -0.2) is 67.7 Å². The van der Waals surface area contributed by atoms with Crippen LogP contribution in [0.15, 0.2) is 0 Å². The highest BCUT2D eigenvalue weighted by molar-refractivity contribution is 5.74. The summed E-state index contributed by atoms with van der Waals surface area (Å²) < 4.78 is 0. The van der Waals surface area contributed by atoms with Crippen molar-refractivity contribution in [3.63, 3.8) is 0 Å². The van der Waals surface area contributed by atoms with E-state index in [9.17, 15) is 4.79 Å². The summed E-state index contributed by atoms with van der Waals surface area (Å²) in [5.41, 5.74) is 0. The highest BCUT2D eigenvalue weighted by Gasteiger charge is 2.25. The lowest BCUT2D eigenvalue weighted by Crippen LogP contribution is -2.55. The fraction of sp³-hybridized carbons (Fsp3) is 0.941. The van der Waals surface area contributed by atoms with Gasteiger partial charge in [-0.05, 0) is 25.8 Å². The van der Waals surface area contributed by atoms with Crippen LogP contribution in [0.2, 0.25) is 0 Å². The minimum absolute atomic E-state index is 0.0201. The third-order valence-electron chi connectivity index (χ3n) is 5.19. The molecule has 1 atom stereocenters. The fourth-order valence-electron chi connectivity index (χ4n) is 3.62. The number of piperazine rings is 1. The maximum absolute atomic E-state index is 12.1. The van der Waals surface area contributed by atoms with Crippen LogP contribution in [0.1, 0.15) is 46.0 Å². The standard InChI is InChI=1S/C17H34N4O/c1-14(2)16(21-11-9-20(3)10-12-21)13-18-17(22)19-15-7-5-4-6-8-15/h14-16H,4-13H2,1-3H3,(H2,18,19,22). The van der Waals surface area contributed by atoms with Crippen LogP contribution < -0.4 is 10.6 Å². The van der Waals surface area contributed by atoms with Gasteiger partial charge >= 0.3 is 6.03 Å². The molecular weight excluding hydrogens is 276 g/mol. The molecule has 2 aliphatic rings. The average molecular weight is 310 g/mol. The van der Waals surface area contributed by atoms with Gasteiger partial charge < -0.3 is 15.5 Å². The number of likely N-dealkylation sites (N-methyl/N-ethyl adjacent to an activating group) is 1. The second-order valence-electron chi connectivity index (χ2n) is 7.34. The Hall–Kier alpha value is -0.810. The van der Waals surface area contributed by atoms with E-state index in [1.165, 1.54) is 19.3 Å². The van der Waals surface area contributed by atoms with Crippen molar-refractivity contribution in [2.24, 2.45) is 5.92 Å². The Morgan fingerprint density at radius 2 is 1.73 bits per heavy atom. The molecule has 1 aliphatic heterocycles. The Bertz CT molecular complexity index is 334. The Balaban J connectivity index is 1.74. The van der Waals surface area contributed by atoms with Gasteiger partial charge in [0.1, 0.15) is 0 Å². The second-order valence-corrected chi connectivity index (χ2v) is 7.34. The highest BCUT2D eigenvalue weighted by Crippen LogP contribution is 2.17. The smallest absolute Gasteiger partial charge is 0.315 e. The molecule has 0 spiro atoms. The maximum atomic E-state index is 12.1. The van der Waals surface area contributed by atoms with Crippen LogP contribution in [0.4, 0.5) is 4.79 Å². The Labute approximate surface area is 135 Å². The summed E-state index contributed by atoms with van der Waals surface area (Å²) >= 11 is 0. The number of carbonyl (C=O) groups excluding carboxylic acids is 1. The van der Waals surface area contributed by atoms with E-state index in [1.807, 2.05) is 0 Å². The number of urea groups is 1. The van der Waals surface area contributed by atoms with E-state index in [0.29, 0.717) is 18.0 Å². The molecule has 0 aromatic carbocycles. The van der Waals surface area contributed by atoms with Gasteiger partial charge in [0.15, 0.2) is 0 Å². The van der Waals surface area contributed by atoms with Crippen LogP contribution >= 0.6 is 0 Å². The number of rotatable bonds is 5. The molecule has 0 bridgehead atoms. The van der Waals surface area contributed by atoms with Crippen molar-refractivity contribution in [3.05, 3.63) is 0 Å². The summed E-state index contributed by atoms with van der Waals surface area (Å²) in [5, 5.41) is 6.26. The molecule has 2 fully saturated rings. The van der Waals surface area contributed by atoms with Gasteiger partial charge in [0.05, 0.1) is 0 Å². The number of hydrogen-bond donors (Lipinski definition) is 2. The van der Waals surface area contributed by atoms with Crippen molar-refractivity contribution in [1.82, 2.24) is 20.4 Å². The molecule has 2 rings (SSSR count). The summed E-state index contributed by atoms with van der Waals surface area (Å²) in [7, 11) is 2.18. The molecule has 1 aliphatic carbocycles. The van der Waals surface area contributed by atoms with Gasteiger partial charge in [-0.1, -0.05) is 33.1 Å². The summed E-state index contributed by atoms with van der Waals surface area (Å²) in [5.74, 6) is 0.554. The predicted molar refractivity (Wildman–Crippen MR) is 91.1 cm³/mol. The zero-order valence-corrected chi connectivity index (χ0v) is 14.6. The van der Waals surface area contributed by atoms with E-state index >= 15 is 0 Å². The first kappa shape index (κ1) is 17.5. The van der Waals surface area contributed by atoms with Crippen LogP contribution in [-0.2, 0) is 0 Å². The zero-order chi connectivity index (χ0) is 15.9. The lowest BCUT2D eigenvalue weighted by atomic mass is 9.96. The molecule has 0 radical (unpaired) electrons. The molecular formula is C17H34N4O. The maximum Gasteiger partial charge on any atom is 0.315 e. The van der Waals surface area contributed by atoms with E-state index in [1.54, 1.807) is 0 Å². The summed E-state index contributed by atoms with van der Waals surface area (Å²) in [4.78, 5) is 17.0. The van der Waals surface area contributed by atoms with E-state index in [0.717, 1.165) is 45.6 Å². The minimum Gasteiger partial charge on any atom is -0.337 e. The first-order valence-corrected chi connectivity index (χ1v) is 9.03. The molecule has 0 aromatic rings. The van der Waals surface area contributed by atoms with Crippen molar-refractivity contribution in [2.75, 3.05) is 39.8 Å². The lowest BCUT2D eigenvalue weighted by molar-refractivity contribution is 0.0886. The van der Waals surface area contributed by atoms with Gasteiger partial charge in [0.2, 0.25) is 0 Å². The first-order valence-electron chi connectivity index (χ1n) is 9.03. The van der Waals surface area contributed by atoms with Gasteiger partial charge in [0.25, 0.3) is 0 Å². The molecule has 5 heteroatoms. The Kier molecular flexibility index (Phi) is 6.96. The van der Waals surface area contributed by atoms with E-state index in [2.05, 4.69) is 41.3 Å². The number of carbonyl (C=O) groups is 1. The molecule has 5 nitrogen and oxygen atoms in total. The van der Waals surface area contributed by atoms with Crippen LogP contribution in [0.5, 0.6) is 0 Å². The van der Waals surface area contributed by atoms with Crippen LogP contribution in [0, 0.1) is 5.92 Å². The normalized spacial score (nSPS) is 23.5. The van der Waals surface area contributed by atoms with Gasteiger partial charge in [-0.3, -0.25) is 4.90 Å². The average Bonchev–Trinajstić information content (AvgIpc) is 2.50. The molecule has 1 saturated carbocycles. The summed E-state index contributed by atoms with van der Waals surface area (Å²) in [6, 6.07) is 0.840. The highest BCUT2D eigenvalue weighted by atomic mass is 16.2. The molecule has 1 saturated heterocycles. The first-order chi connectivity index (χ1) is 10.6. The van der Waals surface area contributed by atoms with Gasteiger partial charge in [0, 0.05) is 44.8 Å². The summed E-state index contributed by atoms with van der Waals surface area (Å²) in [6.07, 6.45) is 6.10. The predicted octanol–water partition coefficient (Wildman–Crippen LogP) is 1.89. The monoisotopic (exact) mass is 310 g/mol. The van der Waals surface area contributed by atoms with Crippen LogP contribution in [0.25, 0.3) is 0 Å². The fourth-order valence-corrected chi connectivity index (χ4v) is 3.62. The van der Waals surface area contributed by atoms with Crippen molar-refractivity contribution in [3.8, 4) is 0 Å². The topological polar surface area (TPSA) is 47.6 Å². The van der Waals surface area contributed by atoms with Crippen LogP contribution in [0.3, 0.4) is 0 Å². The second kappa shape index (κ2) is 8.73. The van der Waals surface area contributed by atoms with Crippen molar-refractivity contribution in [2.45, 2.75) is 58.0 Å². The van der Waals surface area contributed by atoms with Gasteiger partial charge in [-0.25, -0.2) is 4.79 Å². The molecule has 2 amide bonds. The molecule has 2 N–H and O–H groups in total. The SMILES string of the molecule is CC(C)C(CNC(=O)NC1CCCCC1)N1CCN(C)CC1. The number of hydrogen-bond acceptors (Lipinski definition) is 3. The number of amides is 2. The Morgan fingerprint density at radius 1 is 1.09 bits per heavy atom. The third kappa shape index (κ3) is 5.43. The molecule has 1 heterocycles. The molecule has 0 aromatic heterocycles. The molecule has 1 unspecified atom stereocenters. The van der Waals surface area contributed by atoms with Crippen molar-refractivity contribution in [1.29, 1.82) is 0 Å². The zero-order valence-electron chi connectivity index (χ0n) is 14.6. The third-order valence-corrected chi connectivity index (χ3v) is 5.19. The van der Waals surface area contributed by atoms with E-state index < -0.39 is 0 Å². The minimum atomic E-state index is 0.0201.